The van der Waals surface area contributed by atoms with E-state index in [9.17, 15) is 14.4 Å². The van der Waals surface area contributed by atoms with Crippen LogP contribution in [0.3, 0.4) is 0 Å². The summed E-state index contributed by atoms with van der Waals surface area (Å²) in [5, 5.41) is 2.76. The van der Waals surface area contributed by atoms with E-state index < -0.39 is 5.97 Å². The fourth-order valence-corrected chi connectivity index (χ4v) is 2.71. The van der Waals surface area contributed by atoms with Crippen molar-refractivity contribution < 1.29 is 28.0 Å². The summed E-state index contributed by atoms with van der Waals surface area (Å²) in [6, 6.07) is 9.94. The van der Waals surface area contributed by atoms with Crippen LogP contribution in [0.5, 0.6) is 0 Å². The topological polar surface area (TPSA) is 102 Å². The number of nitrogens with zero attached hydrogens (tertiary/aromatic N) is 1. The minimum absolute atomic E-state index is 0.228. The Bertz CT molecular complexity index is 946. The van der Waals surface area contributed by atoms with E-state index >= 15 is 0 Å². The van der Waals surface area contributed by atoms with E-state index in [1.54, 1.807) is 41.3 Å². The molecule has 3 aromatic rings. The molecule has 2 aromatic heterocycles. The zero-order chi connectivity index (χ0) is 20.6. The molecule has 0 aliphatic carbocycles. The van der Waals surface area contributed by atoms with Gasteiger partial charge in [0.25, 0.3) is 11.8 Å². The van der Waals surface area contributed by atoms with Crippen LogP contribution in [-0.2, 0) is 11.3 Å². The molecule has 0 saturated carbocycles. The first-order chi connectivity index (χ1) is 14.1. The number of methoxy groups -OCH3 is 1. The van der Waals surface area contributed by atoms with Gasteiger partial charge in [0.1, 0.15) is 12.5 Å². The van der Waals surface area contributed by atoms with Crippen molar-refractivity contribution in [3.63, 3.8) is 0 Å². The van der Waals surface area contributed by atoms with Crippen molar-refractivity contribution in [3.8, 4) is 0 Å². The van der Waals surface area contributed by atoms with Crippen LogP contribution in [0.1, 0.15) is 36.6 Å². The van der Waals surface area contributed by atoms with Gasteiger partial charge in [0, 0.05) is 19.6 Å². The smallest absolute Gasteiger partial charge is 0.337 e. The predicted molar refractivity (Wildman–Crippen MR) is 102 cm³/mol. The van der Waals surface area contributed by atoms with E-state index in [0.29, 0.717) is 23.2 Å². The highest BCUT2D eigenvalue weighted by Crippen LogP contribution is 2.12. The lowest BCUT2D eigenvalue weighted by Gasteiger charge is -2.22. The van der Waals surface area contributed by atoms with Gasteiger partial charge in [-0.2, -0.15) is 0 Å². The van der Waals surface area contributed by atoms with Crippen LogP contribution in [0.4, 0.5) is 0 Å². The summed E-state index contributed by atoms with van der Waals surface area (Å²) in [6.45, 7) is 0.841. The van der Waals surface area contributed by atoms with E-state index in [1.165, 1.54) is 32.2 Å². The predicted octanol–water partition coefficient (Wildman–Crippen LogP) is 2.73. The van der Waals surface area contributed by atoms with Gasteiger partial charge < -0.3 is 23.8 Å². The number of carbonyl (C=O) groups is 3. The first-order valence-corrected chi connectivity index (χ1v) is 8.87. The number of esters is 1. The molecular formula is C21H20N2O6. The van der Waals surface area contributed by atoms with E-state index in [1.807, 2.05) is 0 Å². The minimum Gasteiger partial charge on any atom is -0.472 e. The summed E-state index contributed by atoms with van der Waals surface area (Å²) >= 11 is 0. The molecule has 3 rings (SSSR count). The molecule has 0 unspecified atom stereocenters. The molecule has 0 aliphatic rings. The highest BCUT2D eigenvalue weighted by atomic mass is 16.5. The van der Waals surface area contributed by atoms with Gasteiger partial charge in [0.15, 0.2) is 0 Å². The normalized spacial score (nSPS) is 10.4. The first kappa shape index (κ1) is 19.9. The Labute approximate surface area is 167 Å². The quantitative estimate of drug-likeness (QED) is 0.588. The second-order valence-corrected chi connectivity index (χ2v) is 6.20. The molecule has 0 fully saturated rings. The number of amides is 2. The van der Waals surface area contributed by atoms with Gasteiger partial charge in [-0.15, -0.1) is 0 Å². The molecule has 1 aromatic carbocycles. The van der Waals surface area contributed by atoms with Crippen LogP contribution in [0, 0.1) is 0 Å². The maximum Gasteiger partial charge on any atom is 0.337 e. The fraction of sp³-hybridized carbons (Fsp3) is 0.190. The van der Waals surface area contributed by atoms with Crippen molar-refractivity contribution >= 4 is 17.8 Å². The highest BCUT2D eigenvalue weighted by molar-refractivity contribution is 5.95. The molecule has 0 saturated heterocycles. The van der Waals surface area contributed by atoms with E-state index in [2.05, 4.69) is 10.1 Å². The Morgan fingerprint density at radius 3 is 2.17 bits per heavy atom. The van der Waals surface area contributed by atoms with Crippen LogP contribution >= 0.6 is 0 Å². The molecule has 0 aliphatic heterocycles. The lowest BCUT2D eigenvalue weighted by molar-refractivity contribution is 0.0600. The maximum absolute atomic E-state index is 12.8. The summed E-state index contributed by atoms with van der Waals surface area (Å²) in [7, 11) is 1.32. The van der Waals surface area contributed by atoms with Crippen molar-refractivity contribution in [1.82, 2.24) is 10.2 Å². The summed E-state index contributed by atoms with van der Waals surface area (Å²) in [6.07, 6.45) is 5.57. The summed E-state index contributed by atoms with van der Waals surface area (Å²) in [5.74, 6) is -0.935. The molecule has 1 N–H and O–H groups in total. The van der Waals surface area contributed by atoms with Gasteiger partial charge in [0.2, 0.25) is 0 Å². The van der Waals surface area contributed by atoms with Gasteiger partial charge in [-0.1, -0.05) is 12.1 Å². The summed E-state index contributed by atoms with van der Waals surface area (Å²) in [5.41, 5.74) is 2.08. The van der Waals surface area contributed by atoms with Gasteiger partial charge in [0.05, 0.1) is 36.3 Å². The maximum atomic E-state index is 12.8. The number of nitrogens with one attached hydrogen (secondary N) is 1. The lowest BCUT2D eigenvalue weighted by atomic mass is 10.1. The fourth-order valence-electron chi connectivity index (χ4n) is 2.71. The van der Waals surface area contributed by atoms with Gasteiger partial charge in [-0.25, -0.2) is 4.79 Å². The molecule has 2 heterocycles. The summed E-state index contributed by atoms with van der Waals surface area (Å²) < 4.78 is 14.6. The SMILES string of the molecule is COC(=O)c1ccc(CN(CCNC(=O)c2ccoc2)C(=O)c2ccoc2)cc1. The van der Waals surface area contributed by atoms with E-state index in [0.717, 1.165) is 5.56 Å². The van der Waals surface area contributed by atoms with Crippen molar-refractivity contribution in [2.75, 3.05) is 20.2 Å². The molecule has 0 atom stereocenters. The summed E-state index contributed by atoms with van der Waals surface area (Å²) in [4.78, 5) is 38.0. The number of furan rings is 2. The van der Waals surface area contributed by atoms with Crippen LogP contribution in [-0.4, -0.2) is 42.9 Å². The second-order valence-electron chi connectivity index (χ2n) is 6.20. The number of carbonyl (C=O) groups excluding carboxylic acids is 3. The Morgan fingerprint density at radius 1 is 0.931 bits per heavy atom. The second kappa shape index (κ2) is 9.41. The van der Waals surface area contributed by atoms with Crippen molar-refractivity contribution in [3.05, 3.63) is 83.7 Å². The third kappa shape index (κ3) is 5.13. The van der Waals surface area contributed by atoms with E-state index in [-0.39, 0.29) is 24.9 Å². The molecule has 0 spiro atoms. The zero-order valence-electron chi connectivity index (χ0n) is 15.8. The zero-order valence-corrected chi connectivity index (χ0v) is 15.8. The average molecular weight is 396 g/mol. The Kier molecular flexibility index (Phi) is 6.47. The van der Waals surface area contributed by atoms with Crippen molar-refractivity contribution in [1.29, 1.82) is 0 Å². The van der Waals surface area contributed by atoms with Crippen LogP contribution in [0.15, 0.2) is 70.3 Å². The molecule has 29 heavy (non-hydrogen) atoms. The highest BCUT2D eigenvalue weighted by Gasteiger charge is 2.18. The molecule has 8 heteroatoms. The lowest BCUT2D eigenvalue weighted by Crippen LogP contribution is -2.38. The number of benzene rings is 1. The Hall–Kier alpha value is -3.81. The van der Waals surface area contributed by atoms with E-state index in [4.69, 9.17) is 8.83 Å². The average Bonchev–Trinajstić information content (AvgIpc) is 3.46. The van der Waals surface area contributed by atoms with Crippen molar-refractivity contribution in [2.24, 2.45) is 0 Å². The molecular weight excluding hydrogens is 376 g/mol. The number of rotatable bonds is 8. The standard InChI is InChI=1S/C21H20N2O6/c1-27-21(26)16-4-2-15(3-5-16)12-23(20(25)18-7-11-29-14-18)9-8-22-19(24)17-6-10-28-13-17/h2-7,10-11,13-14H,8-9,12H2,1H3,(H,22,24). The monoisotopic (exact) mass is 396 g/mol. The van der Waals surface area contributed by atoms with Crippen molar-refractivity contribution in [2.45, 2.75) is 6.54 Å². The Balaban J connectivity index is 1.67. The molecule has 0 bridgehead atoms. The third-order valence-electron chi connectivity index (χ3n) is 4.25. The molecule has 150 valence electrons. The van der Waals surface area contributed by atoms with Crippen LogP contribution in [0.25, 0.3) is 0 Å². The molecule has 0 radical (unpaired) electrons. The first-order valence-electron chi connectivity index (χ1n) is 8.87. The minimum atomic E-state index is -0.426. The largest absolute Gasteiger partial charge is 0.472 e. The van der Waals surface area contributed by atoms with Crippen LogP contribution in [0.2, 0.25) is 0 Å². The van der Waals surface area contributed by atoms with Crippen LogP contribution < -0.4 is 5.32 Å². The third-order valence-corrected chi connectivity index (χ3v) is 4.25. The van der Waals surface area contributed by atoms with Gasteiger partial charge in [-0.05, 0) is 29.8 Å². The number of ether oxygens (including phenoxy) is 1. The number of hydrogen-bond donors (Lipinski definition) is 1. The molecule has 8 nitrogen and oxygen atoms in total. The Morgan fingerprint density at radius 2 is 1.59 bits per heavy atom. The van der Waals surface area contributed by atoms with Gasteiger partial charge in [-0.3, -0.25) is 9.59 Å². The number of hydrogen-bond acceptors (Lipinski definition) is 6. The van der Waals surface area contributed by atoms with Gasteiger partial charge >= 0.3 is 5.97 Å². The molecule has 2 amide bonds.